The highest BCUT2D eigenvalue weighted by molar-refractivity contribution is 7.88. The first-order valence-corrected chi connectivity index (χ1v) is 11.6. The van der Waals surface area contributed by atoms with Crippen LogP contribution < -0.4 is 10.1 Å². The van der Waals surface area contributed by atoms with E-state index < -0.39 is 15.9 Å². The van der Waals surface area contributed by atoms with Crippen LogP contribution in [0.2, 0.25) is 5.02 Å². The summed E-state index contributed by atoms with van der Waals surface area (Å²) in [6.45, 7) is 2.96. The highest BCUT2D eigenvalue weighted by Crippen LogP contribution is 2.27. The molecule has 29 heavy (non-hydrogen) atoms. The largest absolute Gasteiger partial charge is 0.492 e. The molecule has 1 atom stereocenters. The second-order valence-electron chi connectivity index (χ2n) is 7.00. The number of halogens is 1. The van der Waals surface area contributed by atoms with E-state index >= 15 is 0 Å². The lowest BCUT2D eigenvalue weighted by Crippen LogP contribution is -2.44. The Bertz CT molecular complexity index is 965. The molecule has 0 spiro atoms. The zero-order valence-corrected chi connectivity index (χ0v) is 17.9. The normalized spacial score (nSPS) is 17.7. The second kappa shape index (κ2) is 9.61. The quantitative estimate of drug-likeness (QED) is 0.713. The molecular formula is C21H25ClN2O4S. The molecule has 0 aromatic heterocycles. The molecule has 1 saturated heterocycles. The molecular weight excluding hydrogens is 412 g/mol. The van der Waals surface area contributed by atoms with Gasteiger partial charge in [0.05, 0.1) is 24.0 Å². The Morgan fingerprint density at radius 2 is 2.03 bits per heavy atom. The molecule has 1 unspecified atom stereocenters. The van der Waals surface area contributed by atoms with Crippen molar-refractivity contribution >= 4 is 33.2 Å². The van der Waals surface area contributed by atoms with Gasteiger partial charge in [0.1, 0.15) is 5.75 Å². The van der Waals surface area contributed by atoms with Crippen molar-refractivity contribution in [3.05, 3.63) is 59.1 Å². The van der Waals surface area contributed by atoms with Crippen LogP contribution >= 0.6 is 11.6 Å². The zero-order chi connectivity index (χ0) is 20.9. The van der Waals surface area contributed by atoms with Gasteiger partial charge in [0, 0.05) is 18.1 Å². The van der Waals surface area contributed by atoms with Crippen molar-refractivity contribution in [3.8, 4) is 5.75 Å². The van der Waals surface area contributed by atoms with E-state index in [1.165, 1.54) is 4.31 Å². The minimum absolute atomic E-state index is 0.130. The Labute approximate surface area is 176 Å². The average molecular weight is 437 g/mol. The van der Waals surface area contributed by atoms with E-state index in [4.69, 9.17) is 16.3 Å². The van der Waals surface area contributed by atoms with Gasteiger partial charge in [-0.25, -0.2) is 12.7 Å². The summed E-state index contributed by atoms with van der Waals surface area (Å²) in [6.07, 6.45) is 1.28. The third kappa shape index (κ3) is 5.72. The molecule has 1 aliphatic heterocycles. The first kappa shape index (κ1) is 21.6. The number of anilines is 1. The predicted octanol–water partition coefficient (Wildman–Crippen LogP) is 3.92. The molecule has 1 fully saturated rings. The lowest BCUT2D eigenvalue weighted by molar-refractivity contribution is -0.120. The molecule has 0 radical (unpaired) electrons. The number of amides is 1. The Morgan fingerprint density at radius 1 is 1.24 bits per heavy atom. The molecule has 0 saturated carbocycles. The van der Waals surface area contributed by atoms with E-state index in [1.807, 2.05) is 19.1 Å². The minimum atomic E-state index is -3.54. The number of carbonyl (C=O) groups excluding carboxylic acids is 1. The fraction of sp³-hybridized carbons (Fsp3) is 0.381. The van der Waals surface area contributed by atoms with Gasteiger partial charge >= 0.3 is 0 Å². The minimum Gasteiger partial charge on any atom is -0.492 e. The molecule has 3 rings (SSSR count). The Hall–Kier alpha value is -2.09. The third-order valence-electron chi connectivity index (χ3n) is 4.83. The van der Waals surface area contributed by atoms with Crippen molar-refractivity contribution in [1.82, 2.24) is 4.31 Å². The van der Waals surface area contributed by atoms with Crippen LogP contribution in [0, 0.1) is 5.92 Å². The Kier molecular flexibility index (Phi) is 7.16. The standard InChI is InChI=1S/C21H25ClN2O4S/c1-2-28-20-11-4-3-10-19(20)23-21(25)17-8-6-12-24(14-17)29(26,27)15-16-7-5-9-18(22)13-16/h3-5,7,9-11,13,17H,2,6,8,12,14-15H2,1H3,(H,23,25). The van der Waals surface area contributed by atoms with Crippen LogP contribution in [0.3, 0.4) is 0 Å². The number of benzene rings is 2. The van der Waals surface area contributed by atoms with E-state index in [2.05, 4.69) is 5.32 Å². The highest BCUT2D eigenvalue weighted by atomic mass is 35.5. The number of ether oxygens (including phenoxy) is 1. The van der Waals surface area contributed by atoms with E-state index in [0.717, 1.165) is 0 Å². The monoisotopic (exact) mass is 436 g/mol. The number of para-hydroxylation sites is 2. The molecule has 6 nitrogen and oxygen atoms in total. The van der Waals surface area contributed by atoms with Crippen LogP contribution in [0.25, 0.3) is 0 Å². The van der Waals surface area contributed by atoms with Gasteiger partial charge in [-0.2, -0.15) is 0 Å². The van der Waals surface area contributed by atoms with Gasteiger partial charge in [-0.3, -0.25) is 4.79 Å². The van der Waals surface area contributed by atoms with E-state index in [1.54, 1.807) is 36.4 Å². The van der Waals surface area contributed by atoms with Gasteiger partial charge in [0.15, 0.2) is 0 Å². The van der Waals surface area contributed by atoms with Crippen LogP contribution in [-0.2, 0) is 20.6 Å². The summed E-state index contributed by atoms with van der Waals surface area (Å²) in [7, 11) is -3.54. The van der Waals surface area contributed by atoms with E-state index in [0.29, 0.717) is 48.0 Å². The van der Waals surface area contributed by atoms with E-state index in [-0.39, 0.29) is 18.2 Å². The molecule has 2 aromatic rings. The summed E-state index contributed by atoms with van der Waals surface area (Å²) >= 11 is 5.96. The van der Waals surface area contributed by atoms with Gasteiger partial charge in [-0.15, -0.1) is 0 Å². The molecule has 1 amide bonds. The van der Waals surface area contributed by atoms with Gasteiger partial charge in [-0.05, 0) is 49.6 Å². The number of hydrogen-bond donors (Lipinski definition) is 1. The number of sulfonamides is 1. The number of rotatable bonds is 7. The molecule has 1 aliphatic rings. The number of nitrogens with zero attached hydrogens (tertiary/aromatic N) is 1. The van der Waals surface area contributed by atoms with Gasteiger partial charge in [0.2, 0.25) is 15.9 Å². The molecule has 2 aromatic carbocycles. The summed E-state index contributed by atoms with van der Waals surface area (Å²) in [6, 6.07) is 14.1. The average Bonchev–Trinajstić information content (AvgIpc) is 2.69. The maximum atomic E-state index is 12.9. The van der Waals surface area contributed by atoms with Crippen LogP contribution in [0.1, 0.15) is 25.3 Å². The lowest BCUT2D eigenvalue weighted by atomic mass is 9.98. The number of nitrogens with one attached hydrogen (secondary N) is 1. The Morgan fingerprint density at radius 3 is 2.79 bits per heavy atom. The van der Waals surface area contributed by atoms with Crippen LogP contribution in [0.5, 0.6) is 5.75 Å². The third-order valence-corrected chi connectivity index (χ3v) is 6.88. The van der Waals surface area contributed by atoms with Crippen LogP contribution in [0.4, 0.5) is 5.69 Å². The summed E-state index contributed by atoms with van der Waals surface area (Å²) in [5.74, 6) is -0.133. The number of hydrogen-bond acceptors (Lipinski definition) is 4. The van der Waals surface area contributed by atoms with Crippen molar-refractivity contribution in [2.45, 2.75) is 25.5 Å². The van der Waals surface area contributed by atoms with Crippen LogP contribution in [0.15, 0.2) is 48.5 Å². The summed E-state index contributed by atoms with van der Waals surface area (Å²) in [4.78, 5) is 12.8. The predicted molar refractivity (Wildman–Crippen MR) is 115 cm³/mol. The van der Waals surface area contributed by atoms with Crippen molar-refractivity contribution in [2.24, 2.45) is 5.92 Å². The molecule has 1 heterocycles. The smallest absolute Gasteiger partial charge is 0.228 e. The van der Waals surface area contributed by atoms with Crippen molar-refractivity contribution in [3.63, 3.8) is 0 Å². The first-order chi connectivity index (χ1) is 13.9. The SMILES string of the molecule is CCOc1ccccc1NC(=O)C1CCCN(S(=O)(=O)Cc2cccc(Cl)c2)C1. The fourth-order valence-corrected chi connectivity index (χ4v) is 5.23. The zero-order valence-electron chi connectivity index (χ0n) is 16.3. The first-order valence-electron chi connectivity index (χ1n) is 9.64. The lowest BCUT2D eigenvalue weighted by Gasteiger charge is -2.31. The van der Waals surface area contributed by atoms with Crippen molar-refractivity contribution in [2.75, 3.05) is 25.0 Å². The summed E-state index contributed by atoms with van der Waals surface area (Å²) in [5, 5.41) is 3.39. The fourth-order valence-electron chi connectivity index (χ4n) is 3.42. The second-order valence-corrected chi connectivity index (χ2v) is 9.41. The van der Waals surface area contributed by atoms with Gasteiger partial charge in [-0.1, -0.05) is 35.9 Å². The molecule has 156 valence electrons. The Balaban J connectivity index is 1.67. The molecule has 0 bridgehead atoms. The van der Waals surface area contributed by atoms with Gasteiger partial charge < -0.3 is 10.1 Å². The topological polar surface area (TPSA) is 75.7 Å². The summed E-state index contributed by atoms with van der Waals surface area (Å²) in [5.41, 5.74) is 1.23. The summed E-state index contributed by atoms with van der Waals surface area (Å²) < 4.78 is 32.7. The maximum Gasteiger partial charge on any atom is 0.228 e. The maximum absolute atomic E-state index is 12.9. The van der Waals surface area contributed by atoms with Crippen molar-refractivity contribution in [1.29, 1.82) is 0 Å². The van der Waals surface area contributed by atoms with Crippen LogP contribution in [-0.4, -0.2) is 38.3 Å². The molecule has 8 heteroatoms. The molecule has 0 aliphatic carbocycles. The molecule has 1 N–H and O–H groups in total. The van der Waals surface area contributed by atoms with E-state index in [9.17, 15) is 13.2 Å². The highest BCUT2D eigenvalue weighted by Gasteiger charge is 2.32. The number of carbonyl (C=O) groups is 1. The van der Waals surface area contributed by atoms with Crippen molar-refractivity contribution < 1.29 is 17.9 Å². The van der Waals surface area contributed by atoms with Gasteiger partial charge in [0.25, 0.3) is 0 Å². The number of piperidine rings is 1.